The molecule has 0 spiro atoms. The van der Waals surface area contributed by atoms with E-state index in [4.69, 9.17) is 9.84 Å². The number of nitrogens with one attached hydrogen (secondary N) is 1. The van der Waals surface area contributed by atoms with E-state index in [2.05, 4.69) is 9.88 Å². The van der Waals surface area contributed by atoms with Crippen molar-refractivity contribution in [1.82, 2.24) is 19.2 Å². The van der Waals surface area contributed by atoms with Gasteiger partial charge in [0.2, 0.25) is 0 Å². The predicted octanol–water partition coefficient (Wildman–Crippen LogP) is 6.26. The second-order valence-electron chi connectivity index (χ2n) is 9.18. The van der Waals surface area contributed by atoms with E-state index in [0.29, 0.717) is 12.2 Å². The Balaban J connectivity index is 1.53. The SMILES string of the molecule is COc1ccc([C@H]2c3cccn3-c3c(c(C)nn3-c3ccccc3)CN2C(=O)Nc2cccc(F)c2)cc1. The van der Waals surface area contributed by atoms with Gasteiger partial charge in [0.25, 0.3) is 0 Å². The Morgan fingerprint density at radius 2 is 1.79 bits per heavy atom. The number of benzene rings is 3. The van der Waals surface area contributed by atoms with Crippen LogP contribution in [0.25, 0.3) is 11.5 Å². The number of hydrogen-bond donors (Lipinski definition) is 1. The van der Waals surface area contributed by atoms with Crippen LogP contribution in [0, 0.1) is 12.7 Å². The van der Waals surface area contributed by atoms with Gasteiger partial charge >= 0.3 is 6.03 Å². The molecule has 1 aliphatic rings. The lowest BCUT2D eigenvalue weighted by molar-refractivity contribution is 0.194. The molecule has 3 heterocycles. The Labute approximate surface area is 219 Å². The first-order valence-electron chi connectivity index (χ1n) is 12.3. The first kappa shape index (κ1) is 23.5. The highest BCUT2D eigenvalue weighted by Gasteiger charge is 2.36. The van der Waals surface area contributed by atoms with E-state index in [1.807, 2.05) is 84.5 Å². The summed E-state index contributed by atoms with van der Waals surface area (Å²) in [5.41, 5.74) is 4.89. The quantitative estimate of drug-likeness (QED) is 0.312. The Morgan fingerprint density at radius 3 is 2.53 bits per heavy atom. The number of anilines is 1. The van der Waals surface area contributed by atoms with Gasteiger partial charge in [0.15, 0.2) is 0 Å². The van der Waals surface area contributed by atoms with E-state index >= 15 is 0 Å². The first-order chi connectivity index (χ1) is 18.5. The maximum absolute atomic E-state index is 13.9. The van der Waals surface area contributed by atoms with E-state index in [1.165, 1.54) is 12.1 Å². The topological polar surface area (TPSA) is 64.3 Å². The van der Waals surface area contributed by atoms with Gasteiger partial charge in [0, 0.05) is 17.4 Å². The number of halogens is 1. The molecule has 5 aromatic rings. The van der Waals surface area contributed by atoms with E-state index in [1.54, 1.807) is 24.1 Å². The Bertz CT molecular complexity index is 1610. The molecule has 2 aromatic heterocycles. The monoisotopic (exact) mass is 507 g/mol. The van der Waals surface area contributed by atoms with Crippen molar-refractivity contribution < 1.29 is 13.9 Å². The summed E-state index contributed by atoms with van der Waals surface area (Å²) < 4.78 is 23.3. The van der Waals surface area contributed by atoms with Gasteiger partial charge in [-0.25, -0.2) is 13.9 Å². The minimum Gasteiger partial charge on any atom is -0.497 e. The summed E-state index contributed by atoms with van der Waals surface area (Å²) in [6.45, 7) is 2.26. The number of rotatable bonds is 4. The molecule has 1 N–H and O–H groups in total. The highest BCUT2D eigenvalue weighted by atomic mass is 19.1. The molecule has 1 atom stereocenters. The summed E-state index contributed by atoms with van der Waals surface area (Å²) in [5.74, 6) is 1.20. The van der Waals surface area contributed by atoms with Crippen molar-refractivity contribution in [2.24, 2.45) is 0 Å². The molecule has 0 aliphatic carbocycles. The van der Waals surface area contributed by atoms with E-state index in [-0.39, 0.29) is 6.03 Å². The van der Waals surface area contributed by atoms with Gasteiger partial charge in [-0.2, -0.15) is 5.10 Å². The number of urea groups is 1. The van der Waals surface area contributed by atoms with Crippen LogP contribution >= 0.6 is 0 Å². The predicted molar refractivity (Wildman–Crippen MR) is 143 cm³/mol. The number of nitrogens with zero attached hydrogens (tertiary/aromatic N) is 4. The van der Waals surface area contributed by atoms with Crippen LogP contribution in [-0.2, 0) is 6.54 Å². The molecule has 3 aromatic carbocycles. The molecule has 0 fully saturated rings. The lowest BCUT2D eigenvalue weighted by Gasteiger charge is -2.31. The van der Waals surface area contributed by atoms with Crippen molar-refractivity contribution in [1.29, 1.82) is 0 Å². The maximum Gasteiger partial charge on any atom is 0.322 e. The lowest BCUT2D eigenvalue weighted by atomic mass is 10.0. The number of carbonyl (C=O) groups is 1. The molecule has 190 valence electrons. The number of para-hydroxylation sites is 1. The molecule has 7 nitrogen and oxygen atoms in total. The fraction of sp³-hybridized carbons (Fsp3) is 0.133. The van der Waals surface area contributed by atoms with Crippen LogP contribution in [0.1, 0.15) is 28.6 Å². The van der Waals surface area contributed by atoms with Gasteiger partial charge in [-0.15, -0.1) is 0 Å². The minimum absolute atomic E-state index is 0.299. The number of aryl methyl sites for hydroxylation is 1. The summed E-state index contributed by atoms with van der Waals surface area (Å²) in [7, 11) is 1.62. The third kappa shape index (κ3) is 4.10. The van der Waals surface area contributed by atoms with Crippen molar-refractivity contribution in [3.63, 3.8) is 0 Å². The third-order valence-corrected chi connectivity index (χ3v) is 6.86. The number of methoxy groups -OCH3 is 1. The molecular weight excluding hydrogens is 481 g/mol. The summed E-state index contributed by atoms with van der Waals surface area (Å²) in [4.78, 5) is 15.7. The average molecular weight is 508 g/mol. The van der Waals surface area contributed by atoms with Crippen molar-refractivity contribution in [2.45, 2.75) is 19.5 Å². The molecule has 0 bridgehead atoms. The van der Waals surface area contributed by atoms with Crippen LogP contribution < -0.4 is 10.1 Å². The van der Waals surface area contributed by atoms with Gasteiger partial charge in [0.1, 0.15) is 17.4 Å². The minimum atomic E-state index is -0.430. The molecule has 38 heavy (non-hydrogen) atoms. The van der Waals surface area contributed by atoms with Gasteiger partial charge in [-0.1, -0.05) is 36.4 Å². The van der Waals surface area contributed by atoms with Crippen LogP contribution in [0.15, 0.2) is 97.2 Å². The summed E-state index contributed by atoms with van der Waals surface area (Å²) in [5, 5.41) is 7.76. The van der Waals surface area contributed by atoms with Crippen molar-refractivity contribution in [3.05, 3.63) is 126 Å². The molecule has 6 rings (SSSR count). The summed E-state index contributed by atoms with van der Waals surface area (Å²) >= 11 is 0. The number of ether oxygens (including phenoxy) is 1. The smallest absolute Gasteiger partial charge is 0.322 e. The van der Waals surface area contributed by atoms with Gasteiger partial charge in [-0.05, 0) is 67.1 Å². The Hall–Kier alpha value is -4.85. The molecule has 8 heteroatoms. The standard InChI is InChI=1S/C30H26FN5O2/c1-20-26-19-35(30(37)32-23-9-6-8-22(31)18-23)28(21-13-15-25(38-2)16-14-21)27-12-7-17-34(27)29(26)36(33-20)24-10-4-3-5-11-24/h3-18,28H,19H2,1-2H3,(H,32,37)/t28-/m0/s1. The molecule has 2 amide bonds. The van der Waals surface area contributed by atoms with Gasteiger partial charge < -0.3 is 19.5 Å². The van der Waals surface area contributed by atoms with Gasteiger partial charge in [0.05, 0.1) is 36.8 Å². The fourth-order valence-electron chi connectivity index (χ4n) is 5.05. The molecule has 0 saturated carbocycles. The van der Waals surface area contributed by atoms with Crippen LogP contribution in [0.5, 0.6) is 5.75 Å². The zero-order valence-electron chi connectivity index (χ0n) is 21.0. The number of carbonyl (C=O) groups excluding carboxylic acids is 1. The summed E-state index contributed by atoms with van der Waals surface area (Å²) in [6.07, 6.45) is 2.00. The van der Waals surface area contributed by atoms with Crippen LogP contribution in [0.3, 0.4) is 0 Å². The van der Waals surface area contributed by atoms with Crippen molar-refractivity contribution >= 4 is 11.7 Å². The normalized spacial score (nSPS) is 14.4. The first-order valence-corrected chi connectivity index (χ1v) is 12.3. The average Bonchev–Trinajstić information content (AvgIpc) is 3.49. The molecule has 0 saturated heterocycles. The molecule has 0 radical (unpaired) electrons. The molecular formula is C30H26FN5O2. The zero-order chi connectivity index (χ0) is 26.2. The van der Waals surface area contributed by atoms with E-state index in [9.17, 15) is 9.18 Å². The maximum atomic E-state index is 13.9. The van der Waals surface area contributed by atoms with Crippen LogP contribution in [-0.4, -0.2) is 32.4 Å². The van der Waals surface area contributed by atoms with E-state index in [0.717, 1.165) is 39.8 Å². The lowest BCUT2D eigenvalue weighted by Crippen LogP contribution is -2.38. The molecule has 0 unspecified atom stereocenters. The van der Waals surface area contributed by atoms with E-state index < -0.39 is 11.9 Å². The highest BCUT2D eigenvalue weighted by molar-refractivity contribution is 5.90. The number of amides is 2. The van der Waals surface area contributed by atoms with Crippen LogP contribution in [0.2, 0.25) is 0 Å². The number of hydrogen-bond acceptors (Lipinski definition) is 3. The highest BCUT2D eigenvalue weighted by Crippen LogP contribution is 2.39. The zero-order valence-corrected chi connectivity index (χ0v) is 21.0. The van der Waals surface area contributed by atoms with Crippen molar-refractivity contribution in [2.75, 3.05) is 12.4 Å². The Kier molecular flexibility index (Phi) is 5.92. The second-order valence-corrected chi connectivity index (χ2v) is 9.18. The largest absolute Gasteiger partial charge is 0.497 e. The number of fused-ring (bicyclic) bond motifs is 3. The molecule has 1 aliphatic heterocycles. The Morgan fingerprint density at radius 1 is 1.00 bits per heavy atom. The van der Waals surface area contributed by atoms with Gasteiger partial charge in [-0.3, -0.25) is 0 Å². The summed E-state index contributed by atoms with van der Waals surface area (Å²) in [6, 6.07) is 26.8. The van der Waals surface area contributed by atoms with Crippen molar-refractivity contribution in [3.8, 4) is 17.3 Å². The number of aromatic nitrogens is 3. The fourth-order valence-corrected chi connectivity index (χ4v) is 5.05. The second kappa shape index (κ2) is 9.55. The van der Waals surface area contributed by atoms with Crippen LogP contribution in [0.4, 0.5) is 14.9 Å². The third-order valence-electron chi connectivity index (χ3n) is 6.86.